The van der Waals surface area contributed by atoms with Crippen LogP contribution in [0.5, 0.6) is 0 Å². The molecule has 5 heteroatoms. The SMILES string of the molecule is O=C(C(O)Cc1c(F)cccc1Cl)N1CC(C2CCC2)C1. The molecule has 1 atom stereocenters. The van der Waals surface area contributed by atoms with E-state index in [1.54, 1.807) is 11.0 Å². The fourth-order valence-electron chi connectivity index (χ4n) is 3.12. The van der Waals surface area contributed by atoms with Gasteiger partial charge in [-0.3, -0.25) is 4.79 Å². The van der Waals surface area contributed by atoms with Gasteiger partial charge in [0.15, 0.2) is 0 Å². The van der Waals surface area contributed by atoms with Gasteiger partial charge in [-0.15, -0.1) is 0 Å². The molecule has 3 rings (SSSR count). The van der Waals surface area contributed by atoms with E-state index in [9.17, 15) is 14.3 Å². The average molecular weight is 312 g/mol. The monoisotopic (exact) mass is 311 g/mol. The number of aliphatic hydroxyl groups excluding tert-OH is 1. The second kappa shape index (κ2) is 5.93. The van der Waals surface area contributed by atoms with Crippen LogP contribution in [0.2, 0.25) is 5.02 Å². The lowest BCUT2D eigenvalue weighted by Gasteiger charge is -2.47. The maximum atomic E-state index is 13.7. The summed E-state index contributed by atoms with van der Waals surface area (Å²) >= 11 is 5.92. The minimum Gasteiger partial charge on any atom is -0.383 e. The van der Waals surface area contributed by atoms with Gasteiger partial charge >= 0.3 is 0 Å². The van der Waals surface area contributed by atoms with Crippen molar-refractivity contribution in [1.82, 2.24) is 4.90 Å². The fraction of sp³-hybridized carbons (Fsp3) is 0.562. The van der Waals surface area contributed by atoms with Gasteiger partial charge in [-0.2, -0.15) is 0 Å². The molecule has 1 saturated heterocycles. The van der Waals surface area contributed by atoms with Gasteiger partial charge in [-0.1, -0.05) is 36.9 Å². The van der Waals surface area contributed by atoms with E-state index < -0.39 is 11.9 Å². The third kappa shape index (κ3) is 2.92. The molecule has 1 aromatic carbocycles. The van der Waals surface area contributed by atoms with Crippen LogP contribution in [0, 0.1) is 17.7 Å². The first-order valence-corrected chi connectivity index (χ1v) is 7.84. The molecule has 1 N–H and O–H groups in total. The lowest BCUT2D eigenvalue weighted by molar-refractivity contribution is -0.149. The van der Waals surface area contributed by atoms with Crippen molar-refractivity contribution < 1.29 is 14.3 Å². The van der Waals surface area contributed by atoms with Crippen LogP contribution in [-0.4, -0.2) is 35.1 Å². The van der Waals surface area contributed by atoms with E-state index in [1.165, 1.54) is 31.4 Å². The van der Waals surface area contributed by atoms with E-state index in [2.05, 4.69) is 0 Å². The molecular formula is C16H19ClFNO2. The molecule has 1 saturated carbocycles. The van der Waals surface area contributed by atoms with Crippen LogP contribution in [0.3, 0.4) is 0 Å². The Labute approximate surface area is 128 Å². The van der Waals surface area contributed by atoms with Gasteiger partial charge in [0, 0.05) is 30.1 Å². The summed E-state index contributed by atoms with van der Waals surface area (Å²) in [7, 11) is 0. The molecule has 1 heterocycles. The highest BCUT2D eigenvalue weighted by molar-refractivity contribution is 6.31. The molecule has 2 aliphatic rings. The van der Waals surface area contributed by atoms with Gasteiger partial charge in [0.25, 0.3) is 5.91 Å². The number of carbonyl (C=O) groups is 1. The van der Waals surface area contributed by atoms with Crippen molar-refractivity contribution in [2.45, 2.75) is 31.8 Å². The number of rotatable bonds is 4. The second-order valence-electron chi connectivity index (χ2n) is 6.11. The van der Waals surface area contributed by atoms with Crippen molar-refractivity contribution in [2.24, 2.45) is 11.8 Å². The summed E-state index contributed by atoms with van der Waals surface area (Å²) in [4.78, 5) is 13.8. The summed E-state index contributed by atoms with van der Waals surface area (Å²) < 4.78 is 13.7. The molecule has 21 heavy (non-hydrogen) atoms. The quantitative estimate of drug-likeness (QED) is 0.928. The summed E-state index contributed by atoms with van der Waals surface area (Å²) in [6.45, 7) is 1.46. The molecule has 3 nitrogen and oxygen atoms in total. The Bertz CT molecular complexity index is 521. The molecule has 1 unspecified atom stereocenters. The van der Waals surface area contributed by atoms with E-state index in [4.69, 9.17) is 11.6 Å². The first-order chi connectivity index (χ1) is 10.1. The van der Waals surface area contributed by atoms with E-state index in [-0.39, 0.29) is 22.9 Å². The number of halogens is 2. The summed E-state index contributed by atoms with van der Waals surface area (Å²) in [6, 6.07) is 4.36. The lowest BCUT2D eigenvalue weighted by atomic mass is 9.72. The van der Waals surface area contributed by atoms with E-state index >= 15 is 0 Å². The molecule has 114 valence electrons. The number of benzene rings is 1. The smallest absolute Gasteiger partial charge is 0.251 e. The second-order valence-corrected chi connectivity index (χ2v) is 6.52. The molecule has 0 aromatic heterocycles. The molecule has 0 radical (unpaired) electrons. The number of amides is 1. The van der Waals surface area contributed by atoms with Gasteiger partial charge in [-0.05, 0) is 24.0 Å². The molecular weight excluding hydrogens is 293 g/mol. The summed E-state index contributed by atoms with van der Waals surface area (Å²) in [6.07, 6.45) is 2.53. The number of likely N-dealkylation sites (tertiary alicyclic amines) is 1. The van der Waals surface area contributed by atoms with Crippen molar-refractivity contribution in [3.63, 3.8) is 0 Å². The number of carbonyl (C=O) groups excluding carboxylic acids is 1. The van der Waals surface area contributed by atoms with E-state index in [1.807, 2.05) is 0 Å². The molecule has 1 amide bonds. The number of hydrogen-bond acceptors (Lipinski definition) is 2. The largest absolute Gasteiger partial charge is 0.383 e. The maximum Gasteiger partial charge on any atom is 0.251 e. The minimum absolute atomic E-state index is 0.0745. The topological polar surface area (TPSA) is 40.5 Å². The first-order valence-electron chi connectivity index (χ1n) is 7.46. The Morgan fingerprint density at radius 1 is 1.38 bits per heavy atom. The molecule has 2 fully saturated rings. The third-order valence-electron chi connectivity index (χ3n) is 4.78. The van der Waals surface area contributed by atoms with Crippen LogP contribution < -0.4 is 0 Å². The van der Waals surface area contributed by atoms with Gasteiger partial charge in [0.1, 0.15) is 11.9 Å². The number of nitrogens with zero attached hydrogens (tertiary/aromatic N) is 1. The standard InChI is InChI=1S/C16H19ClFNO2/c17-13-5-2-6-14(18)12(13)7-15(20)16(21)19-8-11(9-19)10-3-1-4-10/h2,5-6,10-11,15,20H,1,3-4,7-9H2. The Hall–Kier alpha value is -1.13. The highest BCUT2D eigenvalue weighted by atomic mass is 35.5. The van der Waals surface area contributed by atoms with Crippen LogP contribution in [0.15, 0.2) is 18.2 Å². The molecule has 0 bridgehead atoms. The predicted molar refractivity (Wildman–Crippen MR) is 78.5 cm³/mol. The Morgan fingerprint density at radius 3 is 2.67 bits per heavy atom. The van der Waals surface area contributed by atoms with Crippen molar-refractivity contribution in [2.75, 3.05) is 13.1 Å². The zero-order chi connectivity index (χ0) is 15.0. The average Bonchev–Trinajstić information content (AvgIpc) is 2.34. The zero-order valence-corrected chi connectivity index (χ0v) is 12.5. The van der Waals surface area contributed by atoms with Gasteiger partial charge in [-0.25, -0.2) is 4.39 Å². The number of hydrogen-bond donors (Lipinski definition) is 1. The number of aliphatic hydroxyl groups is 1. The van der Waals surface area contributed by atoms with Crippen LogP contribution in [0.25, 0.3) is 0 Å². The van der Waals surface area contributed by atoms with E-state index in [0.29, 0.717) is 5.92 Å². The van der Waals surface area contributed by atoms with Crippen molar-refractivity contribution in [3.05, 3.63) is 34.6 Å². The highest BCUT2D eigenvalue weighted by Gasteiger charge is 2.40. The molecule has 0 spiro atoms. The Balaban J connectivity index is 1.56. The van der Waals surface area contributed by atoms with Crippen LogP contribution in [-0.2, 0) is 11.2 Å². The highest BCUT2D eigenvalue weighted by Crippen LogP contribution is 2.38. The molecule has 1 aromatic rings. The molecule has 1 aliphatic heterocycles. The van der Waals surface area contributed by atoms with Crippen LogP contribution in [0.4, 0.5) is 4.39 Å². The fourth-order valence-corrected chi connectivity index (χ4v) is 3.36. The lowest BCUT2D eigenvalue weighted by Crippen LogP contribution is -2.56. The van der Waals surface area contributed by atoms with Crippen LogP contribution in [0.1, 0.15) is 24.8 Å². The first kappa shape index (κ1) is 14.8. The third-order valence-corrected chi connectivity index (χ3v) is 5.14. The summed E-state index contributed by atoms with van der Waals surface area (Å²) in [5.41, 5.74) is 0.205. The van der Waals surface area contributed by atoms with Crippen molar-refractivity contribution in [1.29, 1.82) is 0 Å². The van der Waals surface area contributed by atoms with Crippen molar-refractivity contribution in [3.8, 4) is 0 Å². The van der Waals surface area contributed by atoms with E-state index in [0.717, 1.165) is 19.0 Å². The zero-order valence-electron chi connectivity index (χ0n) is 11.8. The van der Waals surface area contributed by atoms with Gasteiger partial charge in [0.05, 0.1) is 0 Å². The minimum atomic E-state index is -1.22. The van der Waals surface area contributed by atoms with Gasteiger partial charge in [0.2, 0.25) is 0 Å². The summed E-state index contributed by atoms with van der Waals surface area (Å²) in [5, 5.41) is 10.3. The maximum absolute atomic E-state index is 13.7. The molecule has 1 aliphatic carbocycles. The Morgan fingerprint density at radius 2 is 2.10 bits per heavy atom. The summed E-state index contributed by atoms with van der Waals surface area (Å²) in [5.74, 6) is 0.550. The Kier molecular flexibility index (Phi) is 4.18. The van der Waals surface area contributed by atoms with Gasteiger partial charge < -0.3 is 10.0 Å². The predicted octanol–water partition coefficient (Wildman–Crippen LogP) is 2.64. The van der Waals surface area contributed by atoms with Crippen molar-refractivity contribution >= 4 is 17.5 Å². The van der Waals surface area contributed by atoms with Crippen LogP contribution >= 0.6 is 11.6 Å². The normalized spacial score (nSPS) is 20.8.